The first-order valence-electron chi connectivity index (χ1n) is 8.31. The van der Waals surface area contributed by atoms with E-state index in [9.17, 15) is 9.90 Å². The van der Waals surface area contributed by atoms with Crippen LogP contribution in [0.15, 0.2) is 18.5 Å². The van der Waals surface area contributed by atoms with Crippen LogP contribution in [-0.2, 0) is 17.8 Å². The van der Waals surface area contributed by atoms with Crippen LogP contribution in [0.1, 0.15) is 31.4 Å². The molecule has 0 saturated heterocycles. The summed E-state index contributed by atoms with van der Waals surface area (Å²) in [6.07, 6.45) is 7.36. The minimum Gasteiger partial charge on any atom is -0.393 e. The van der Waals surface area contributed by atoms with Crippen LogP contribution in [0.4, 0.5) is 5.82 Å². The van der Waals surface area contributed by atoms with Crippen LogP contribution < -0.4 is 5.32 Å². The van der Waals surface area contributed by atoms with E-state index in [-0.39, 0.29) is 17.9 Å². The van der Waals surface area contributed by atoms with Gasteiger partial charge in [0.15, 0.2) is 0 Å². The number of pyridine rings is 1. The zero-order chi connectivity index (χ0) is 16.7. The van der Waals surface area contributed by atoms with Crippen molar-refractivity contribution in [1.29, 1.82) is 0 Å². The van der Waals surface area contributed by atoms with E-state index < -0.39 is 0 Å². The summed E-state index contributed by atoms with van der Waals surface area (Å²) in [5, 5.41) is 17.2. The molecule has 0 unspecified atom stereocenters. The second kappa shape index (κ2) is 6.18. The number of carbonyl (C=O) groups is 1. The molecule has 2 aliphatic rings. The zero-order valence-corrected chi connectivity index (χ0v) is 14.0. The van der Waals surface area contributed by atoms with Crippen LogP contribution in [0.25, 0.3) is 11.1 Å². The van der Waals surface area contributed by atoms with Crippen LogP contribution in [0.3, 0.4) is 0 Å². The van der Waals surface area contributed by atoms with E-state index in [1.165, 1.54) is 5.69 Å². The molecular weight excluding hydrogens is 328 g/mol. The third-order valence-electron chi connectivity index (χ3n) is 4.86. The second-order valence-corrected chi connectivity index (χ2v) is 6.95. The van der Waals surface area contributed by atoms with Crippen LogP contribution in [0, 0.1) is 5.92 Å². The molecular formula is C17H19ClN4O2. The Bertz CT molecular complexity index is 783. The van der Waals surface area contributed by atoms with Crippen LogP contribution >= 0.6 is 11.6 Å². The Balaban J connectivity index is 1.60. The third-order valence-corrected chi connectivity index (χ3v) is 5.16. The average Bonchev–Trinajstić information content (AvgIpc) is 2.97. The van der Waals surface area contributed by atoms with Gasteiger partial charge in [-0.25, -0.2) is 4.98 Å². The normalized spacial score (nSPS) is 22.6. The summed E-state index contributed by atoms with van der Waals surface area (Å²) in [4.78, 5) is 16.4. The van der Waals surface area contributed by atoms with Crippen LogP contribution in [0.2, 0.25) is 5.02 Å². The van der Waals surface area contributed by atoms with E-state index in [0.29, 0.717) is 23.7 Å². The minimum atomic E-state index is -0.353. The number of aliphatic hydroxyl groups excluding tert-OH is 1. The van der Waals surface area contributed by atoms with Gasteiger partial charge in [-0.1, -0.05) is 11.6 Å². The standard InChI is InChI=1S/C17H19ClN4O2/c18-14-9-19-16(21-17(24)10-5-11(23)6-10)7-12(14)13-8-20-22-4-2-1-3-15(13)22/h7-11,23H,1-6H2,(H,19,21,24). The van der Waals surface area contributed by atoms with Crippen molar-refractivity contribution in [3.63, 3.8) is 0 Å². The molecule has 24 heavy (non-hydrogen) atoms. The summed E-state index contributed by atoms with van der Waals surface area (Å²) in [6.45, 7) is 0.936. The van der Waals surface area contributed by atoms with E-state index in [0.717, 1.165) is 36.9 Å². The maximum Gasteiger partial charge on any atom is 0.228 e. The quantitative estimate of drug-likeness (QED) is 0.895. The fourth-order valence-electron chi connectivity index (χ4n) is 3.39. The lowest BCUT2D eigenvalue weighted by atomic mass is 9.82. The molecule has 2 aromatic heterocycles. The van der Waals surface area contributed by atoms with Crippen molar-refractivity contribution in [2.45, 2.75) is 44.8 Å². The van der Waals surface area contributed by atoms with Gasteiger partial charge in [0.2, 0.25) is 5.91 Å². The Morgan fingerprint density at radius 2 is 2.12 bits per heavy atom. The molecule has 0 atom stereocenters. The van der Waals surface area contributed by atoms with Crippen molar-refractivity contribution < 1.29 is 9.90 Å². The molecule has 2 aromatic rings. The number of anilines is 1. The lowest BCUT2D eigenvalue weighted by Crippen LogP contribution is -2.37. The van der Waals surface area contributed by atoms with Gasteiger partial charge in [0.25, 0.3) is 0 Å². The molecule has 1 fully saturated rings. The van der Waals surface area contributed by atoms with Crippen molar-refractivity contribution in [2.24, 2.45) is 5.92 Å². The molecule has 4 rings (SSSR count). The van der Waals surface area contributed by atoms with Crippen molar-refractivity contribution in [1.82, 2.24) is 14.8 Å². The Kier molecular flexibility index (Phi) is 4.02. The molecule has 0 radical (unpaired) electrons. The lowest BCUT2D eigenvalue weighted by Gasteiger charge is -2.29. The SMILES string of the molecule is O=C(Nc1cc(-c2cnn3c2CCCC3)c(Cl)cn1)C1CC(O)C1. The maximum absolute atomic E-state index is 12.1. The average molecular weight is 347 g/mol. The molecule has 0 bridgehead atoms. The highest BCUT2D eigenvalue weighted by Gasteiger charge is 2.33. The van der Waals surface area contributed by atoms with Gasteiger partial charge in [-0.2, -0.15) is 5.10 Å². The number of hydrogen-bond acceptors (Lipinski definition) is 4. The van der Waals surface area contributed by atoms with Gasteiger partial charge in [0.1, 0.15) is 5.82 Å². The van der Waals surface area contributed by atoms with Gasteiger partial charge in [0.05, 0.1) is 17.3 Å². The molecule has 0 spiro atoms. The monoisotopic (exact) mass is 346 g/mol. The summed E-state index contributed by atoms with van der Waals surface area (Å²) in [7, 11) is 0. The fourth-order valence-corrected chi connectivity index (χ4v) is 3.59. The number of fused-ring (bicyclic) bond motifs is 1. The number of nitrogens with one attached hydrogen (secondary N) is 1. The Morgan fingerprint density at radius 1 is 1.29 bits per heavy atom. The first-order chi connectivity index (χ1) is 11.6. The van der Waals surface area contributed by atoms with Gasteiger partial charge >= 0.3 is 0 Å². The Hall–Kier alpha value is -1.92. The predicted octanol–water partition coefficient (Wildman–Crippen LogP) is 2.64. The van der Waals surface area contributed by atoms with Crippen molar-refractivity contribution in [3.05, 3.63) is 29.2 Å². The van der Waals surface area contributed by atoms with Gasteiger partial charge in [-0.15, -0.1) is 0 Å². The molecule has 2 N–H and O–H groups in total. The van der Waals surface area contributed by atoms with Gasteiger partial charge in [-0.05, 0) is 38.2 Å². The van der Waals surface area contributed by atoms with Gasteiger partial charge in [-0.3, -0.25) is 9.48 Å². The molecule has 126 valence electrons. The maximum atomic E-state index is 12.1. The number of nitrogens with zero attached hydrogens (tertiary/aromatic N) is 3. The highest BCUT2D eigenvalue weighted by molar-refractivity contribution is 6.33. The largest absolute Gasteiger partial charge is 0.393 e. The number of aromatic nitrogens is 3. The highest BCUT2D eigenvalue weighted by atomic mass is 35.5. The summed E-state index contributed by atoms with van der Waals surface area (Å²) in [5.74, 6) is 0.250. The lowest BCUT2D eigenvalue weighted by molar-refractivity contribution is -0.126. The third kappa shape index (κ3) is 2.80. The smallest absolute Gasteiger partial charge is 0.228 e. The molecule has 1 aliphatic heterocycles. The summed E-state index contributed by atoms with van der Waals surface area (Å²) in [5.41, 5.74) is 3.05. The molecule has 1 amide bonds. The second-order valence-electron chi connectivity index (χ2n) is 6.55. The van der Waals surface area contributed by atoms with Crippen molar-refractivity contribution >= 4 is 23.3 Å². The van der Waals surface area contributed by atoms with Gasteiger partial charge < -0.3 is 10.4 Å². The molecule has 7 heteroatoms. The fraction of sp³-hybridized carbons (Fsp3) is 0.471. The van der Waals surface area contributed by atoms with Crippen LogP contribution in [0.5, 0.6) is 0 Å². The first kappa shape index (κ1) is 15.6. The summed E-state index contributed by atoms with van der Waals surface area (Å²) < 4.78 is 2.03. The van der Waals surface area contributed by atoms with E-state index in [1.807, 2.05) is 16.9 Å². The molecule has 3 heterocycles. The predicted molar refractivity (Wildman–Crippen MR) is 90.8 cm³/mol. The molecule has 1 saturated carbocycles. The first-order valence-corrected chi connectivity index (χ1v) is 8.69. The van der Waals surface area contributed by atoms with Crippen molar-refractivity contribution in [3.8, 4) is 11.1 Å². The molecule has 1 aliphatic carbocycles. The number of carbonyl (C=O) groups excluding carboxylic acids is 1. The van der Waals surface area contributed by atoms with E-state index in [4.69, 9.17) is 11.6 Å². The number of aryl methyl sites for hydroxylation is 1. The van der Waals surface area contributed by atoms with Crippen LogP contribution in [-0.4, -0.2) is 31.9 Å². The number of aliphatic hydroxyl groups is 1. The zero-order valence-electron chi connectivity index (χ0n) is 13.2. The van der Waals surface area contributed by atoms with Gasteiger partial charge in [0, 0.05) is 35.5 Å². The van der Waals surface area contributed by atoms with E-state index in [2.05, 4.69) is 15.4 Å². The summed E-state index contributed by atoms with van der Waals surface area (Å²) >= 11 is 6.34. The van der Waals surface area contributed by atoms with E-state index >= 15 is 0 Å². The van der Waals surface area contributed by atoms with Crippen molar-refractivity contribution in [2.75, 3.05) is 5.32 Å². The number of halogens is 1. The molecule has 0 aromatic carbocycles. The Morgan fingerprint density at radius 3 is 2.92 bits per heavy atom. The number of amides is 1. The molecule has 6 nitrogen and oxygen atoms in total. The number of rotatable bonds is 3. The summed E-state index contributed by atoms with van der Waals surface area (Å²) in [6, 6.07) is 1.81. The Labute approximate surface area is 144 Å². The number of hydrogen-bond donors (Lipinski definition) is 2. The highest BCUT2D eigenvalue weighted by Crippen LogP contribution is 2.34. The minimum absolute atomic E-state index is 0.0990. The van der Waals surface area contributed by atoms with E-state index in [1.54, 1.807) is 6.20 Å². The topological polar surface area (TPSA) is 80.0 Å².